The van der Waals surface area contributed by atoms with Gasteiger partial charge in [0.05, 0.1) is 5.56 Å². The van der Waals surface area contributed by atoms with Crippen molar-refractivity contribution in [2.75, 3.05) is 13.1 Å². The zero-order chi connectivity index (χ0) is 13.0. The van der Waals surface area contributed by atoms with Crippen LogP contribution in [0.15, 0.2) is 24.5 Å². The quantitative estimate of drug-likeness (QED) is 0.818. The van der Waals surface area contributed by atoms with Crippen LogP contribution in [0.5, 0.6) is 0 Å². The predicted molar refractivity (Wildman–Crippen MR) is 68.2 cm³/mol. The second-order valence-electron chi connectivity index (χ2n) is 4.63. The van der Waals surface area contributed by atoms with E-state index in [1.54, 1.807) is 24.5 Å². The number of likely N-dealkylation sites (tertiary alicyclic amines) is 1. The lowest BCUT2D eigenvalue weighted by atomic mass is 9.91. The molecular weight excluding hydrogens is 228 g/mol. The highest BCUT2D eigenvalue weighted by Gasteiger charge is 2.26. The molecule has 0 aliphatic carbocycles. The Balaban J connectivity index is 1.94. The summed E-state index contributed by atoms with van der Waals surface area (Å²) in [6.45, 7) is 3.24. The Morgan fingerprint density at radius 2 is 2.11 bits per heavy atom. The number of ketones is 1. The molecule has 2 heterocycles. The van der Waals surface area contributed by atoms with Gasteiger partial charge < -0.3 is 4.90 Å². The standard InChI is InChI=1S/C14H18N2O2/c1-2-13(17)11-5-8-16(9-6-11)14(18)12-4-3-7-15-10-12/h3-4,7,10-11H,2,5-6,8-9H2,1H3. The molecule has 0 spiro atoms. The van der Waals surface area contributed by atoms with Crippen molar-refractivity contribution >= 4 is 11.7 Å². The molecule has 1 amide bonds. The van der Waals surface area contributed by atoms with Gasteiger partial charge in [0.25, 0.3) is 5.91 Å². The minimum Gasteiger partial charge on any atom is -0.339 e. The largest absolute Gasteiger partial charge is 0.339 e. The molecule has 1 saturated heterocycles. The van der Waals surface area contributed by atoms with E-state index in [9.17, 15) is 9.59 Å². The van der Waals surface area contributed by atoms with Gasteiger partial charge in [-0.25, -0.2) is 0 Å². The SMILES string of the molecule is CCC(=O)C1CCN(C(=O)c2cccnc2)CC1. The fourth-order valence-electron chi connectivity index (χ4n) is 2.37. The van der Waals surface area contributed by atoms with Gasteiger partial charge in [0.15, 0.2) is 0 Å². The third-order valence-electron chi connectivity index (χ3n) is 3.49. The van der Waals surface area contributed by atoms with Gasteiger partial charge in [-0.1, -0.05) is 6.92 Å². The molecule has 1 aromatic heterocycles. The number of pyridine rings is 1. The van der Waals surface area contributed by atoms with Crippen molar-refractivity contribution in [1.82, 2.24) is 9.88 Å². The highest BCUT2D eigenvalue weighted by atomic mass is 16.2. The summed E-state index contributed by atoms with van der Waals surface area (Å²) in [5, 5.41) is 0. The zero-order valence-corrected chi connectivity index (χ0v) is 10.6. The summed E-state index contributed by atoms with van der Waals surface area (Å²) in [5.41, 5.74) is 0.623. The summed E-state index contributed by atoms with van der Waals surface area (Å²) < 4.78 is 0. The molecule has 1 aliphatic rings. The number of rotatable bonds is 3. The maximum Gasteiger partial charge on any atom is 0.255 e. The minimum absolute atomic E-state index is 0.0190. The first kappa shape index (κ1) is 12.7. The summed E-state index contributed by atoms with van der Waals surface area (Å²) in [7, 11) is 0. The van der Waals surface area contributed by atoms with Gasteiger partial charge in [-0.3, -0.25) is 14.6 Å². The number of amides is 1. The van der Waals surface area contributed by atoms with Gasteiger partial charge in [-0.2, -0.15) is 0 Å². The smallest absolute Gasteiger partial charge is 0.255 e. The van der Waals surface area contributed by atoms with Crippen LogP contribution in [0.25, 0.3) is 0 Å². The van der Waals surface area contributed by atoms with E-state index in [0.717, 1.165) is 12.8 Å². The predicted octanol–water partition coefficient (Wildman–Crippen LogP) is 1.91. The molecular formula is C14H18N2O2. The van der Waals surface area contributed by atoms with E-state index in [2.05, 4.69) is 4.98 Å². The maximum atomic E-state index is 12.1. The first-order chi connectivity index (χ1) is 8.72. The average Bonchev–Trinajstić information content (AvgIpc) is 2.47. The number of hydrogen-bond acceptors (Lipinski definition) is 3. The fourth-order valence-corrected chi connectivity index (χ4v) is 2.37. The van der Waals surface area contributed by atoms with E-state index in [4.69, 9.17) is 0 Å². The topological polar surface area (TPSA) is 50.3 Å². The molecule has 18 heavy (non-hydrogen) atoms. The Hall–Kier alpha value is -1.71. The molecule has 4 nitrogen and oxygen atoms in total. The van der Waals surface area contributed by atoms with Gasteiger partial charge in [-0.05, 0) is 25.0 Å². The number of aromatic nitrogens is 1. The molecule has 4 heteroatoms. The summed E-state index contributed by atoms with van der Waals surface area (Å²) in [6.07, 6.45) is 5.42. The molecule has 2 rings (SSSR count). The summed E-state index contributed by atoms with van der Waals surface area (Å²) in [5.74, 6) is 0.488. The van der Waals surface area contributed by atoms with Gasteiger partial charge in [0, 0.05) is 37.8 Å². The molecule has 0 aromatic carbocycles. The van der Waals surface area contributed by atoms with Crippen molar-refractivity contribution in [2.45, 2.75) is 26.2 Å². The normalized spacial score (nSPS) is 16.6. The van der Waals surface area contributed by atoms with E-state index in [1.807, 2.05) is 11.8 Å². The fraction of sp³-hybridized carbons (Fsp3) is 0.500. The number of nitrogens with zero attached hydrogens (tertiary/aromatic N) is 2. The molecule has 0 atom stereocenters. The van der Waals surface area contributed by atoms with E-state index in [1.165, 1.54) is 0 Å². The Morgan fingerprint density at radius 1 is 1.39 bits per heavy atom. The Bertz CT molecular complexity index is 423. The summed E-state index contributed by atoms with van der Waals surface area (Å²) in [4.78, 5) is 29.5. The van der Waals surface area contributed by atoms with Crippen molar-refractivity contribution in [3.63, 3.8) is 0 Å². The summed E-state index contributed by atoms with van der Waals surface area (Å²) in [6, 6.07) is 3.54. The second kappa shape index (κ2) is 5.76. The Kier molecular flexibility index (Phi) is 4.07. The lowest BCUT2D eigenvalue weighted by Gasteiger charge is -2.31. The molecule has 0 N–H and O–H groups in total. The highest BCUT2D eigenvalue weighted by Crippen LogP contribution is 2.20. The van der Waals surface area contributed by atoms with Crippen LogP contribution in [0, 0.1) is 5.92 Å². The van der Waals surface area contributed by atoms with Crippen molar-refractivity contribution in [1.29, 1.82) is 0 Å². The first-order valence-electron chi connectivity index (χ1n) is 6.44. The van der Waals surface area contributed by atoms with Crippen LogP contribution in [0.1, 0.15) is 36.5 Å². The molecule has 1 aromatic rings. The molecule has 0 bridgehead atoms. The second-order valence-corrected chi connectivity index (χ2v) is 4.63. The van der Waals surface area contributed by atoms with E-state index >= 15 is 0 Å². The monoisotopic (exact) mass is 246 g/mol. The number of carbonyl (C=O) groups excluding carboxylic acids is 2. The molecule has 1 aliphatic heterocycles. The summed E-state index contributed by atoms with van der Waals surface area (Å²) >= 11 is 0. The number of hydrogen-bond donors (Lipinski definition) is 0. The van der Waals surface area contributed by atoms with Gasteiger partial charge in [-0.15, -0.1) is 0 Å². The third-order valence-corrected chi connectivity index (χ3v) is 3.49. The number of piperidine rings is 1. The Morgan fingerprint density at radius 3 is 2.67 bits per heavy atom. The van der Waals surface area contributed by atoms with Crippen LogP contribution in [0.2, 0.25) is 0 Å². The van der Waals surface area contributed by atoms with Gasteiger partial charge in [0.1, 0.15) is 5.78 Å². The van der Waals surface area contributed by atoms with Crippen LogP contribution >= 0.6 is 0 Å². The van der Waals surface area contributed by atoms with Crippen molar-refractivity contribution < 1.29 is 9.59 Å². The molecule has 0 unspecified atom stereocenters. The van der Waals surface area contributed by atoms with Crippen LogP contribution in [0.3, 0.4) is 0 Å². The van der Waals surface area contributed by atoms with Crippen molar-refractivity contribution in [3.05, 3.63) is 30.1 Å². The number of Topliss-reactive ketones (excluding diaryl/α,β-unsaturated/α-hetero) is 1. The van der Waals surface area contributed by atoms with E-state index < -0.39 is 0 Å². The minimum atomic E-state index is 0.0190. The van der Waals surface area contributed by atoms with Crippen LogP contribution in [-0.2, 0) is 4.79 Å². The molecule has 0 radical (unpaired) electrons. The number of carbonyl (C=O) groups is 2. The van der Waals surface area contributed by atoms with Crippen molar-refractivity contribution in [2.24, 2.45) is 5.92 Å². The van der Waals surface area contributed by atoms with Gasteiger partial charge >= 0.3 is 0 Å². The third kappa shape index (κ3) is 2.75. The lowest BCUT2D eigenvalue weighted by Crippen LogP contribution is -2.40. The highest BCUT2D eigenvalue weighted by molar-refractivity contribution is 5.94. The molecule has 1 fully saturated rings. The van der Waals surface area contributed by atoms with Crippen LogP contribution in [-0.4, -0.2) is 34.7 Å². The average molecular weight is 246 g/mol. The van der Waals surface area contributed by atoms with Gasteiger partial charge in [0.2, 0.25) is 0 Å². The zero-order valence-electron chi connectivity index (χ0n) is 10.6. The molecule has 0 saturated carbocycles. The first-order valence-corrected chi connectivity index (χ1v) is 6.44. The maximum absolute atomic E-state index is 12.1. The van der Waals surface area contributed by atoms with Crippen molar-refractivity contribution in [3.8, 4) is 0 Å². The van der Waals surface area contributed by atoms with E-state index in [0.29, 0.717) is 30.9 Å². The molecule has 96 valence electrons. The lowest BCUT2D eigenvalue weighted by molar-refractivity contribution is -0.123. The van der Waals surface area contributed by atoms with Crippen LogP contribution in [0.4, 0.5) is 0 Å². The van der Waals surface area contributed by atoms with E-state index in [-0.39, 0.29) is 11.8 Å². The Labute approximate surface area is 107 Å². The van der Waals surface area contributed by atoms with Crippen LogP contribution < -0.4 is 0 Å².